The largest absolute Gasteiger partial charge is 0.476 e. The molecule has 0 saturated carbocycles. The van der Waals surface area contributed by atoms with Crippen LogP contribution in [0.25, 0.3) is 0 Å². The summed E-state index contributed by atoms with van der Waals surface area (Å²) in [6, 6.07) is 7.77. The second-order valence-corrected chi connectivity index (χ2v) is 6.15. The number of hydrogen-bond donors (Lipinski definition) is 0. The molecule has 1 saturated heterocycles. The lowest BCUT2D eigenvalue weighted by molar-refractivity contribution is 0.221. The number of halogens is 1. The molecule has 1 aliphatic heterocycles. The van der Waals surface area contributed by atoms with Gasteiger partial charge in [-0.15, -0.1) is 0 Å². The summed E-state index contributed by atoms with van der Waals surface area (Å²) in [6.07, 6.45) is 5.88. The first-order valence-electron chi connectivity index (χ1n) is 7.63. The molecule has 1 aliphatic rings. The molecule has 3 rings (SSSR count). The molecule has 2 aromatic heterocycles. The molecule has 5 heteroatoms. The average molecular weight is 318 g/mol. The molecule has 2 aromatic rings. The lowest BCUT2D eigenvalue weighted by Crippen LogP contribution is -2.38. The molecule has 0 amide bonds. The second kappa shape index (κ2) is 6.97. The Kier molecular flexibility index (Phi) is 4.78. The van der Waals surface area contributed by atoms with E-state index in [0.717, 1.165) is 31.7 Å². The summed E-state index contributed by atoms with van der Waals surface area (Å²) >= 11 is 6.08. The summed E-state index contributed by atoms with van der Waals surface area (Å²) in [5, 5.41) is 0.565. The highest BCUT2D eigenvalue weighted by atomic mass is 35.5. The maximum absolute atomic E-state index is 6.08. The minimum absolute atomic E-state index is 0.467. The Hall–Kier alpha value is -1.81. The topological polar surface area (TPSA) is 38.2 Å². The van der Waals surface area contributed by atoms with Gasteiger partial charge in [0.25, 0.3) is 0 Å². The summed E-state index contributed by atoms with van der Waals surface area (Å²) in [6.45, 7) is 4.75. The van der Waals surface area contributed by atoms with E-state index in [4.69, 9.17) is 16.3 Å². The highest BCUT2D eigenvalue weighted by Gasteiger charge is 2.22. The number of ether oxygens (including phenoxy) is 1. The second-order valence-electron chi connectivity index (χ2n) is 5.75. The fraction of sp³-hybridized carbons (Fsp3) is 0.412. The zero-order chi connectivity index (χ0) is 15.4. The maximum atomic E-state index is 6.08. The van der Waals surface area contributed by atoms with Crippen LogP contribution in [0.2, 0.25) is 5.02 Å². The molecule has 0 aliphatic carbocycles. The maximum Gasteiger partial charge on any atom is 0.232 e. The van der Waals surface area contributed by atoms with Crippen LogP contribution in [0.1, 0.15) is 18.4 Å². The van der Waals surface area contributed by atoms with Gasteiger partial charge in [0.15, 0.2) is 0 Å². The Morgan fingerprint density at radius 2 is 2.23 bits per heavy atom. The first kappa shape index (κ1) is 15.1. The number of hydrogen-bond acceptors (Lipinski definition) is 4. The highest BCUT2D eigenvalue weighted by Crippen LogP contribution is 2.25. The molecule has 0 radical (unpaired) electrons. The summed E-state index contributed by atoms with van der Waals surface area (Å²) in [5.41, 5.74) is 1.24. The molecule has 4 nitrogen and oxygen atoms in total. The molecule has 3 heterocycles. The third kappa shape index (κ3) is 3.69. The van der Waals surface area contributed by atoms with Crippen molar-refractivity contribution in [2.45, 2.75) is 19.8 Å². The smallest absolute Gasteiger partial charge is 0.232 e. The van der Waals surface area contributed by atoms with Gasteiger partial charge in [0.1, 0.15) is 10.8 Å². The summed E-state index contributed by atoms with van der Waals surface area (Å²) in [7, 11) is 0. The van der Waals surface area contributed by atoms with Crippen molar-refractivity contribution in [1.82, 2.24) is 9.97 Å². The first-order chi connectivity index (χ1) is 10.7. The van der Waals surface area contributed by atoms with Crippen LogP contribution in [0.3, 0.4) is 0 Å². The van der Waals surface area contributed by atoms with Crippen LogP contribution >= 0.6 is 11.6 Å². The van der Waals surface area contributed by atoms with Crippen LogP contribution in [-0.2, 0) is 0 Å². The molecule has 0 spiro atoms. The summed E-state index contributed by atoms with van der Waals surface area (Å²) in [4.78, 5) is 11.0. The van der Waals surface area contributed by atoms with Crippen LogP contribution in [0, 0.1) is 12.8 Å². The Labute approximate surface area is 136 Å². The first-order valence-corrected chi connectivity index (χ1v) is 8.01. The predicted octanol–water partition coefficient (Wildman–Crippen LogP) is 3.73. The average Bonchev–Trinajstić information content (AvgIpc) is 2.54. The minimum Gasteiger partial charge on any atom is -0.476 e. The Balaban J connectivity index is 1.60. The number of rotatable bonds is 4. The van der Waals surface area contributed by atoms with Crippen LogP contribution in [0.4, 0.5) is 5.82 Å². The van der Waals surface area contributed by atoms with Gasteiger partial charge in [0.2, 0.25) is 5.88 Å². The lowest BCUT2D eigenvalue weighted by atomic mass is 9.99. The van der Waals surface area contributed by atoms with Gasteiger partial charge in [-0.2, -0.15) is 0 Å². The number of piperidine rings is 1. The predicted molar refractivity (Wildman–Crippen MR) is 88.7 cm³/mol. The third-order valence-electron chi connectivity index (χ3n) is 3.92. The molecule has 0 N–H and O–H groups in total. The molecule has 22 heavy (non-hydrogen) atoms. The van der Waals surface area contributed by atoms with E-state index >= 15 is 0 Å². The van der Waals surface area contributed by atoms with Crippen molar-refractivity contribution < 1.29 is 4.74 Å². The van der Waals surface area contributed by atoms with Crippen LogP contribution in [0.15, 0.2) is 36.7 Å². The van der Waals surface area contributed by atoms with Gasteiger partial charge in [0, 0.05) is 31.4 Å². The third-order valence-corrected chi connectivity index (χ3v) is 4.21. The molecule has 0 aromatic carbocycles. The van der Waals surface area contributed by atoms with Gasteiger partial charge in [0.05, 0.1) is 6.61 Å². The monoisotopic (exact) mass is 317 g/mol. The molecule has 1 unspecified atom stereocenters. The van der Waals surface area contributed by atoms with E-state index in [9.17, 15) is 0 Å². The molecule has 116 valence electrons. The fourth-order valence-corrected chi connectivity index (χ4v) is 2.95. The van der Waals surface area contributed by atoms with E-state index in [-0.39, 0.29) is 0 Å². The zero-order valence-corrected chi connectivity index (χ0v) is 13.5. The summed E-state index contributed by atoms with van der Waals surface area (Å²) in [5.74, 6) is 2.05. The van der Waals surface area contributed by atoms with Crippen molar-refractivity contribution in [1.29, 1.82) is 0 Å². The van der Waals surface area contributed by atoms with Gasteiger partial charge >= 0.3 is 0 Å². The summed E-state index contributed by atoms with van der Waals surface area (Å²) < 4.78 is 5.79. The van der Waals surface area contributed by atoms with Crippen LogP contribution in [0.5, 0.6) is 5.88 Å². The van der Waals surface area contributed by atoms with E-state index in [1.54, 1.807) is 18.3 Å². The van der Waals surface area contributed by atoms with E-state index < -0.39 is 0 Å². The minimum atomic E-state index is 0.467. The van der Waals surface area contributed by atoms with E-state index in [1.807, 2.05) is 12.3 Å². The van der Waals surface area contributed by atoms with Gasteiger partial charge in [-0.05, 0) is 49.6 Å². The van der Waals surface area contributed by atoms with Crippen molar-refractivity contribution in [2.75, 3.05) is 24.6 Å². The number of pyridine rings is 2. The van der Waals surface area contributed by atoms with Crippen LogP contribution < -0.4 is 9.64 Å². The Morgan fingerprint density at radius 3 is 3.05 bits per heavy atom. The van der Waals surface area contributed by atoms with Gasteiger partial charge in [-0.25, -0.2) is 9.97 Å². The Bertz CT molecular complexity index is 635. The van der Waals surface area contributed by atoms with E-state index in [2.05, 4.69) is 27.9 Å². The fourth-order valence-electron chi connectivity index (χ4n) is 2.78. The van der Waals surface area contributed by atoms with E-state index in [0.29, 0.717) is 23.4 Å². The van der Waals surface area contributed by atoms with Crippen molar-refractivity contribution >= 4 is 17.4 Å². The van der Waals surface area contributed by atoms with Crippen LogP contribution in [-0.4, -0.2) is 29.7 Å². The van der Waals surface area contributed by atoms with Gasteiger partial charge in [-0.1, -0.05) is 11.6 Å². The number of aryl methyl sites for hydroxylation is 1. The molecular formula is C17H20ClN3O. The van der Waals surface area contributed by atoms with Crippen molar-refractivity contribution in [3.05, 3.63) is 47.2 Å². The molecule has 1 fully saturated rings. The molecule has 0 bridgehead atoms. The van der Waals surface area contributed by atoms with Gasteiger partial charge < -0.3 is 9.64 Å². The van der Waals surface area contributed by atoms with E-state index in [1.165, 1.54) is 5.56 Å². The number of anilines is 1. The number of aromatic nitrogens is 2. The van der Waals surface area contributed by atoms with Crippen molar-refractivity contribution in [2.24, 2.45) is 5.92 Å². The van der Waals surface area contributed by atoms with Gasteiger partial charge in [-0.3, -0.25) is 0 Å². The number of nitrogens with zero attached hydrogens (tertiary/aromatic N) is 3. The molecule has 1 atom stereocenters. The molecular weight excluding hydrogens is 298 g/mol. The quantitative estimate of drug-likeness (QED) is 0.861. The lowest BCUT2D eigenvalue weighted by Gasteiger charge is -2.33. The normalized spacial score (nSPS) is 18.3. The highest BCUT2D eigenvalue weighted by molar-refractivity contribution is 6.31. The standard InChI is InChI=1S/C17H20ClN3O/c1-13-6-8-19-16(10-13)21-9-3-4-14(11-21)12-22-17-15(18)5-2-7-20-17/h2,5-8,10,14H,3-4,9,11-12H2,1H3. The zero-order valence-electron chi connectivity index (χ0n) is 12.7. The SMILES string of the molecule is Cc1ccnc(N2CCCC(COc3ncccc3Cl)C2)c1. The van der Waals surface area contributed by atoms with Crippen molar-refractivity contribution in [3.8, 4) is 5.88 Å². The Morgan fingerprint density at radius 1 is 1.32 bits per heavy atom. The van der Waals surface area contributed by atoms with Crippen molar-refractivity contribution in [3.63, 3.8) is 0 Å².